The van der Waals surface area contributed by atoms with Crippen LogP contribution in [0, 0.1) is 31.1 Å². The number of unbranched alkanes of at least 4 members (excludes halogenated alkanes) is 1. The van der Waals surface area contributed by atoms with Gasteiger partial charge in [-0.3, -0.25) is 14.4 Å². The van der Waals surface area contributed by atoms with Crippen molar-refractivity contribution in [2.75, 3.05) is 20.2 Å². The van der Waals surface area contributed by atoms with E-state index in [1.54, 1.807) is 13.0 Å². The Morgan fingerprint density at radius 3 is 2.38 bits per heavy atom. The van der Waals surface area contributed by atoms with Crippen LogP contribution in [0.15, 0.2) is 46.5 Å². The Kier molecular flexibility index (Phi) is 13.9. The van der Waals surface area contributed by atoms with Crippen molar-refractivity contribution in [2.45, 2.75) is 65.6 Å². The van der Waals surface area contributed by atoms with Crippen LogP contribution < -0.4 is 21.3 Å². The van der Waals surface area contributed by atoms with Crippen LogP contribution in [0.4, 0.5) is 0 Å². The number of ether oxygens (including phenoxy) is 1. The molecular weight excluding hydrogens is 540 g/mol. The highest BCUT2D eigenvalue weighted by Gasteiger charge is 2.26. The SMILES string of the molecule is COC(=O)[C@H](CN[C@@H](CCCCNC(=O)C(C#N)=CC(C)C)C(=O)NCc1ccc(C)cc1)NC(=O)c1cc(C)on1. The van der Waals surface area contributed by atoms with Gasteiger partial charge in [0, 0.05) is 25.7 Å². The molecule has 0 aliphatic rings. The molecule has 3 amide bonds. The van der Waals surface area contributed by atoms with Crippen molar-refractivity contribution in [3.05, 3.63) is 64.6 Å². The summed E-state index contributed by atoms with van der Waals surface area (Å²) in [5.41, 5.74) is 2.12. The molecule has 2 rings (SSSR count). The van der Waals surface area contributed by atoms with Gasteiger partial charge < -0.3 is 30.5 Å². The fourth-order valence-electron chi connectivity index (χ4n) is 3.91. The molecule has 2 aromatic rings. The molecule has 1 aromatic carbocycles. The lowest BCUT2D eigenvalue weighted by atomic mass is 10.1. The fourth-order valence-corrected chi connectivity index (χ4v) is 3.91. The van der Waals surface area contributed by atoms with Gasteiger partial charge in [-0.05, 0) is 44.6 Å². The van der Waals surface area contributed by atoms with E-state index in [1.807, 2.05) is 51.1 Å². The zero-order chi connectivity index (χ0) is 31.1. The molecule has 0 fully saturated rings. The Balaban J connectivity index is 2.02. The molecule has 0 aliphatic heterocycles. The van der Waals surface area contributed by atoms with Crippen molar-refractivity contribution in [2.24, 2.45) is 5.92 Å². The molecule has 0 spiro atoms. The number of esters is 1. The second-order valence-corrected chi connectivity index (χ2v) is 10.2. The quantitative estimate of drug-likeness (QED) is 0.100. The van der Waals surface area contributed by atoms with Gasteiger partial charge in [-0.1, -0.05) is 54.9 Å². The van der Waals surface area contributed by atoms with Crippen molar-refractivity contribution < 1.29 is 28.4 Å². The predicted molar refractivity (Wildman–Crippen MR) is 155 cm³/mol. The van der Waals surface area contributed by atoms with Crippen LogP contribution in [0.1, 0.15) is 60.5 Å². The monoisotopic (exact) mass is 580 g/mol. The Hall–Kier alpha value is -4.50. The van der Waals surface area contributed by atoms with Gasteiger partial charge in [-0.15, -0.1) is 0 Å². The van der Waals surface area contributed by atoms with E-state index in [9.17, 15) is 24.4 Å². The Labute approximate surface area is 246 Å². The number of hydrogen-bond donors (Lipinski definition) is 4. The number of aryl methyl sites for hydroxylation is 2. The van der Waals surface area contributed by atoms with Gasteiger partial charge in [0.15, 0.2) is 5.69 Å². The summed E-state index contributed by atoms with van der Waals surface area (Å²) in [7, 11) is 1.20. The summed E-state index contributed by atoms with van der Waals surface area (Å²) in [6, 6.07) is 9.32. The number of rotatable bonds is 16. The van der Waals surface area contributed by atoms with Gasteiger partial charge >= 0.3 is 5.97 Å². The lowest BCUT2D eigenvalue weighted by Crippen LogP contribution is -2.53. The van der Waals surface area contributed by atoms with E-state index in [0.29, 0.717) is 38.1 Å². The molecule has 0 saturated heterocycles. The molecule has 0 unspecified atom stereocenters. The average molecular weight is 581 g/mol. The maximum atomic E-state index is 13.2. The summed E-state index contributed by atoms with van der Waals surface area (Å²) in [6.07, 6.45) is 3.10. The first kappa shape index (κ1) is 33.7. The van der Waals surface area contributed by atoms with Gasteiger partial charge in [0.2, 0.25) is 5.91 Å². The first-order valence-corrected chi connectivity index (χ1v) is 13.8. The van der Waals surface area contributed by atoms with Crippen molar-refractivity contribution in [1.29, 1.82) is 5.26 Å². The Bertz CT molecular complexity index is 1280. The van der Waals surface area contributed by atoms with Crippen LogP contribution in [-0.2, 0) is 25.7 Å². The van der Waals surface area contributed by atoms with Crippen molar-refractivity contribution in [3.8, 4) is 6.07 Å². The molecule has 42 heavy (non-hydrogen) atoms. The highest BCUT2D eigenvalue weighted by Crippen LogP contribution is 2.07. The molecule has 0 bridgehead atoms. The number of nitrogens with one attached hydrogen (secondary N) is 4. The number of nitrogens with zero attached hydrogens (tertiary/aromatic N) is 2. The van der Waals surface area contributed by atoms with Crippen molar-refractivity contribution in [1.82, 2.24) is 26.4 Å². The van der Waals surface area contributed by atoms with Crippen LogP contribution in [0.2, 0.25) is 0 Å². The van der Waals surface area contributed by atoms with Crippen LogP contribution in [0.5, 0.6) is 0 Å². The molecule has 1 heterocycles. The van der Waals surface area contributed by atoms with Crippen LogP contribution in [0.25, 0.3) is 0 Å². The molecular formula is C30H40N6O6. The number of nitriles is 1. The number of benzene rings is 1. The van der Waals surface area contributed by atoms with Gasteiger partial charge in [0.05, 0.1) is 13.2 Å². The fraction of sp³-hybridized carbons (Fsp3) is 0.467. The molecule has 12 nitrogen and oxygen atoms in total. The number of carbonyl (C=O) groups is 4. The molecule has 2 atom stereocenters. The minimum Gasteiger partial charge on any atom is -0.467 e. The number of hydrogen-bond acceptors (Lipinski definition) is 9. The van der Waals surface area contributed by atoms with Crippen molar-refractivity contribution in [3.63, 3.8) is 0 Å². The minimum absolute atomic E-state index is 0.0126. The largest absolute Gasteiger partial charge is 0.467 e. The van der Waals surface area contributed by atoms with E-state index < -0.39 is 29.9 Å². The second-order valence-electron chi connectivity index (χ2n) is 10.2. The first-order chi connectivity index (χ1) is 20.0. The summed E-state index contributed by atoms with van der Waals surface area (Å²) in [5, 5.41) is 24.2. The second kappa shape index (κ2) is 17.3. The molecule has 0 aliphatic carbocycles. The number of amides is 3. The number of allylic oxidation sites excluding steroid dienone is 1. The summed E-state index contributed by atoms with van der Waals surface area (Å²) in [5.74, 6) is -1.53. The average Bonchev–Trinajstić information content (AvgIpc) is 3.41. The van der Waals surface area contributed by atoms with Gasteiger partial charge in [-0.25, -0.2) is 4.79 Å². The number of aromatic nitrogens is 1. The van der Waals surface area contributed by atoms with E-state index >= 15 is 0 Å². The first-order valence-electron chi connectivity index (χ1n) is 13.8. The van der Waals surface area contributed by atoms with Crippen LogP contribution in [0.3, 0.4) is 0 Å². The maximum absolute atomic E-state index is 13.2. The highest BCUT2D eigenvalue weighted by molar-refractivity contribution is 5.97. The maximum Gasteiger partial charge on any atom is 0.329 e. The van der Waals surface area contributed by atoms with Gasteiger partial charge in [0.1, 0.15) is 23.4 Å². The molecule has 1 aromatic heterocycles. The zero-order valence-corrected chi connectivity index (χ0v) is 24.8. The van der Waals surface area contributed by atoms with Gasteiger partial charge in [-0.2, -0.15) is 5.26 Å². The Morgan fingerprint density at radius 1 is 1.07 bits per heavy atom. The van der Waals surface area contributed by atoms with Crippen LogP contribution >= 0.6 is 0 Å². The normalized spacial score (nSPS) is 12.6. The third kappa shape index (κ3) is 11.5. The zero-order valence-electron chi connectivity index (χ0n) is 24.8. The van der Waals surface area contributed by atoms with Gasteiger partial charge in [0.25, 0.3) is 11.8 Å². The molecule has 4 N–H and O–H groups in total. The highest BCUT2D eigenvalue weighted by atomic mass is 16.5. The topological polar surface area (TPSA) is 175 Å². The Morgan fingerprint density at radius 2 is 1.79 bits per heavy atom. The third-order valence-corrected chi connectivity index (χ3v) is 6.19. The van der Waals surface area contributed by atoms with E-state index in [-0.39, 0.29) is 29.6 Å². The predicted octanol–water partition coefficient (Wildman–Crippen LogP) is 2.23. The van der Waals surface area contributed by atoms with E-state index in [0.717, 1.165) is 11.1 Å². The van der Waals surface area contributed by atoms with E-state index in [2.05, 4.69) is 26.4 Å². The smallest absolute Gasteiger partial charge is 0.329 e. The van der Waals surface area contributed by atoms with Crippen molar-refractivity contribution >= 4 is 23.7 Å². The molecule has 226 valence electrons. The van der Waals surface area contributed by atoms with Crippen LogP contribution in [-0.4, -0.2) is 61.1 Å². The molecule has 0 radical (unpaired) electrons. The number of methoxy groups -OCH3 is 1. The summed E-state index contributed by atoms with van der Waals surface area (Å²) < 4.78 is 9.77. The standard InChI is InChI=1S/C30H40N6O6/c1-19(2)14-23(16-31)27(37)32-13-7-6-8-24(28(38)34-17-22-11-9-20(3)10-12-22)33-18-26(30(40)41-5)35-29(39)25-15-21(4)42-36-25/h9-12,14-15,19,24,26,33H,6-8,13,17-18H2,1-5H3,(H,32,37)(H,34,38)(H,35,39)/t24-,26-/m0/s1. The number of carbonyl (C=O) groups excluding carboxylic acids is 4. The minimum atomic E-state index is -1.09. The lowest BCUT2D eigenvalue weighted by Gasteiger charge is -2.22. The lowest BCUT2D eigenvalue weighted by molar-refractivity contribution is -0.143. The van der Waals surface area contributed by atoms with E-state index in [1.165, 1.54) is 13.2 Å². The summed E-state index contributed by atoms with van der Waals surface area (Å²) in [4.78, 5) is 50.4. The van der Waals surface area contributed by atoms with E-state index in [4.69, 9.17) is 9.26 Å². The molecule has 12 heteroatoms. The summed E-state index contributed by atoms with van der Waals surface area (Å²) >= 11 is 0. The summed E-state index contributed by atoms with van der Waals surface area (Å²) in [6.45, 7) is 7.94. The molecule has 0 saturated carbocycles. The third-order valence-electron chi connectivity index (χ3n) is 6.19.